The van der Waals surface area contributed by atoms with E-state index in [9.17, 15) is 14.0 Å². The third kappa shape index (κ3) is 3.82. The second-order valence-corrected chi connectivity index (χ2v) is 6.41. The Balaban J connectivity index is 1.61. The van der Waals surface area contributed by atoms with Crippen LogP contribution in [0.4, 0.5) is 15.8 Å². The van der Waals surface area contributed by atoms with E-state index in [1.54, 1.807) is 6.20 Å². The van der Waals surface area contributed by atoms with Crippen LogP contribution < -0.4 is 10.2 Å². The molecule has 6 nitrogen and oxygen atoms in total. The molecule has 0 saturated carbocycles. The smallest absolute Gasteiger partial charge is 0.338 e. The van der Waals surface area contributed by atoms with E-state index in [1.807, 2.05) is 19.2 Å². The third-order valence-corrected chi connectivity index (χ3v) is 4.66. The van der Waals surface area contributed by atoms with Crippen molar-refractivity contribution in [3.63, 3.8) is 0 Å². The van der Waals surface area contributed by atoms with Gasteiger partial charge in [0.2, 0.25) is 5.91 Å². The van der Waals surface area contributed by atoms with Crippen LogP contribution in [0.1, 0.15) is 28.8 Å². The number of nitrogens with one attached hydrogen (secondary N) is 1. The lowest BCUT2D eigenvalue weighted by Crippen LogP contribution is -2.38. The van der Waals surface area contributed by atoms with Crippen LogP contribution in [0.15, 0.2) is 36.7 Å². The van der Waals surface area contributed by atoms with Crippen molar-refractivity contribution in [2.75, 3.05) is 23.3 Å². The molecule has 0 aliphatic carbocycles. The minimum atomic E-state index is -1.36. The van der Waals surface area contributed by atoms with Gasteiger partial charge in [-0.2, -0.15) is 0 Å². The van der Waals surface area contributed by atoms with Crippen molar-refractivity contribution in [3.05, 3.63) is 53.6 Å². The maximum Gasteiger partial charge on any atom is 0.338 e. The first-order valence-electron chi connectivity index (χ1n) is 8.45. The highest BCUT2D eigenvalue weighted by atomic mass is 19.1. The number of nitrogens with zero attached hydrogens (tertiary/aromatic N) is 2. The van der Waals surface area contributed by atoms with Crippen LogP contribution in [0, 0.1) is 18.7 Å². The lowest BCUT2D eigenvalue weighted by Gasteiger charge is -2.33. The number of hydrogen-bond donors (Lipinski definition) is 2. The number of halogens is 1. The summed E-state index contributed by atoms with van der Waals surface area (Å²) in [5.74, 6) is -2.51. The standard InChI is InChI=1S/C19H20FN3O3/c1-12-11-21-7-4-17(12)23-8-5-13(6-9-23)18(24)22-14-2-3-16(20)15(10-14)19(25)26/h2-4,7,10-11,13H,5-6,8-9H2,1H3,(H,22,24)(H,25,26). The number of rotatable bonds is 4. The van der Waals surface area contributed by atoms with Gasteiger partial charge in [-0.25, -0.2) is 9.18 Å². The van der Waals surface area contributed by atoms with E-state index in [2.05, 4.69) is 15.2 Å². The van der Waals surface area contributed by atoms with Crippen LogP contribution in [0.25, 0.3) is 0 Å². The highest BCUT2D eigenvalue weighted by Gasteiger charge is 2.26. The zero-order valence-corrected chi connectivity index (χ0v) is 14.4. The van der Waals surface area contributed by atoms with Crippen molar-refractivity contribution >= 4 is 23.3 Å². The number of anilines is 2. The van der Waals surface area contributed by atoms with Crippen LogP contribution in [0.2, 0.25) is 0 Å². The molecule has 1 saturated heterocycles. The Labute approximate surface area is 150 Å². The molecule has 0 spiro atoms. The number of carbonyl (C=O) groups excluding carboxylic acids is 1. The number of aromatic carboxylic acids is 1. The minimum Gasteiger partial charge on any atom is -0.478 e. The molecule has 1 aliphatic rings. The number of benzene rings is 1. The average Bonchev–Trinajstić information content (AvgIpc) is 2.63. The molecular formula is C19H20FN3O3. The number of carboxylic acid groups (broad SMARTS) is 1. The fraction of sp³-hybridized carbons (Fsp3) is 0.316. The van der Waals surface area contributed by atoms with Crippen molar-refractivity contribution in [1.82, 2.24) is 4.98 Å². The number of pyridine rings is 1. The Hall–Kier alpha value is -2.96. The number of aryl methyl sites for hydroxylation is 1. The first-order valence-corrected chi connectivity index (χ1v) is 8.45. The molecule has 1 amide bonds. The van der Waals surface area contributed by atoms with Gasteiger partial charge in [0, 0.05) is 42.8 Å². The molecule has 3 rings (SSSR count). The maximum atomic E-state index is 13.4. The molecule has 2 heterocycles. The van der Waals surface area contributed by atoms with Gasteiger partial charge in [0.15, 0.2) is 0 Å². The van der Waals surface area contributed by atoms with Gasteiger partial charge in [0.05, 0.1) is 5.56 Å². The second-order valence-electron chi connectivity index (χ2n) is 6.41. The van der Waals surface area contributed by atoms with Gasteiger partial charge in [-0.3, -0.25) is 9.78 Å². The number of carboxylic acids is 1. The van der Waals surface area contributed by atoms with Crippen molar-refractivity contribution in [2.45, 2.75) is 19.8 Å². The molecular weight excluding hydrogens is 337 g/mol. The van der Waals surface area contributed by atoms with Crippen LogP contribution in [-0.4, -0.2) is 35.1 Å². The van der Waals surface area contributed by atoms with E-state index < -0.39 is 17.3 Å². The molecule has 7 heteroatoms. The van der Waals surface area contributed by atoms with E-state index in [0.717, 1.165) is 36.5 Å². The first-order chi connectivity index (χ1) is 12.5. The zero-order valence-electron chi connectivity index (χ0n) is 14.4. The Bertz CT molecular complexity index is 833. The summed E-state index contributed by atoms with van der Waals surface area (Å²) >= 11 is 0. The molecule has 26 heavy (non-hydrogen) atoms. The first kappa shape index (κ1) is 17.8. The predicted octanol–water partition coefficient (Wildman–Crippen LogP) is 3.08. The monoisotopic (exact) mass is 357 g/mol. The van der Waals surface area contributed by atoms with Gasteiger partial charge < -0.3 is 15.3 Å². The van der Waals surface area contributed by atoms with Crippen LogP contribution in [0.5, 0.6) is 0 Å². The lowest BCUT2D eigenvalue weighted by atomic mass is 9.95. The van der Waals surface area contributed by atoms with E-state index >= 15 is 0 Å². The highest BCUT2D eigenvalue weighted by Crippen LogP contribution is 2.26. The molecule has 2 N–H and O–H groups in total. The van der Waals surface area contributed by atoms with Gasteiger partial charge in [0.25, 0.3) is 0 Å². The topological polar surface area (TPSA) is 82.5 Å². The zero-order chi connectivity index (χ0) is 18.7. The van der Waals surface area contributed by atoms with Gasteiger partial charge in [-0.05, 0) is 49.6 Å². The summed E-state index contributed by atoms with van der Waals surface area (Å²) in [6.45, 7) is 3.52. The van der Waals surface area contributed by atoms with E-state index in [-0.39, 0.29) is 11.8 Å². The Morgan fingerprint density at radius 3 is 2.65 bits per heavy atom. The SMILES string of the molecule is Cc1cnccc1N1CCC(C(=O)Nc2ccc(F)c(C(=O)O)c2)CC1. The van der Waals surface area contributed by atoms with Crippen LogP contribution in [-0.2, 0) is 4.79 Å². The van der Waals surface area contributed by atoms with Crippen molar-refractivity contribution in [3.8, 4) is 0 Å². The summed E-state index contributed by atoms with van der Waals surface area (Å²) in [7, 11) is 0. The molecule has 1 aromatic carbocycles. The van der Waals surface area contributed by atoms with Gasteiger partial charge in [-0.15, -0.1) is 0 Å². The van der Waals surface area contributed by atoms with Gasteiger partial charge >= 0.3 is 5.97 Å². The number of piperidine rings is 1. The molecule has 0 bridgehead atoms. The summed E-state index contributed by atoms with van der Waals surface area (Å²) < 4.78 is 13.4. The summed E-state index contributed by atoms with van der Waals surface area (Å²) in [6, 6.07) is 5.54. The number of hydrogen-bond acceptors (Lipinski definition) is 4. The predicted molar refractivity (Wildman–Crippen MR) is 95.9 cm³/mol. The second kappa shape index (κ2) is 7.51. The van der Waals surface area contributed by atoms with Crippen molar-refractivity contribution in [1.29, 1.82) is 0 Å². The molecule has 0 unspecified atom stereocenters. The molecule has 0 radical (unpaired) electrons. The third-order valence-electron chi connectivity index (χ3n) is 4.66. The van der Waals surface area contributed by atoms with E-state index in [0.29, 0.717) is 18.5 Å². The lowest BCUT2D eigenvalue weighted by molar-refractivity contribution is -0.120. The fourth-order valence-electron chi connectivity index (χ4n) is 3.21. The summed E-state index contributed by atoms with van der Waals surface area (Å²) in [5, 5.41) is 11.7. The highest BCUT2D eigenvalue weighted by molar-refractivity contribution is 5.95. The average molecular weight is 357 g/mol. The minimum absolute atomic E-state index is 0.160. The Kier molecular flexibility index (Phi) is 5.16. The molecule has 1 fully saturated rings. The maximum absolute atomic E-state index is 13.4. The summed E-state index contributed by atoms with van der Waals surface area (Å²) in [6.07, 6.45) is 4.97. The van der Waals surface area contributed by atoms with Crippen LogP contribution >= 0.6 is 0 Å². The largest absolute Gasteiger partial charge is 0.478 e. The molecule has 1 aromatic heterocycles. The quantitative estimate of drug-likeness (QED) is 0.879. The summed E-state index contributed by atoms with van der Waals surface area (Å²) in [5.41, 5.74) is 2.07. The van der Waals surface area contributed by atoms with Gasteiger partial charge in [0.1, 0.15) is 5.82 Å². The molecule has 1 aliphatic heterocycles. The molecule has 0 atom stereocenters. The fourth-order valence-corrected chi connectivity index (χ4v) is 3.21. The van der Waals surface area contributed by atoms with Gasteiger partial charge in [-0.1, -0.05) is 0 Å². The van der Waals surface area contributed by atoms with Crippen molar-refractivity contribution in [2.24, 2.45) is 5.92 Å². The number of carbonyl (C=O) groups is 2. The Morgan fingerprint density at radius 1 is 1.27 bits per heavy atom. The van der Waals surface area contributed by atoms with Crippen molar-refractivity contribution < 1.29 is 19.1 Å². The Morgan fingerprint density at radius 2 is 2.00 bits per heavy atom. The summed E-state index contributed by atoms with van der Waals surface area (Å²) in [4.78, 5) is 29.8. The molecule has 2 aromatic rings. The molecule has 136 valence electrons. The number of amides is 1. The van der Waals surface area contributed by atoms with E-state index in [1.165, 1.54) is 6.07 Å². The number of aromatic nitrogens is 1. The normalized spacial score (nSPS) is 14.9. The van der Waals surface area contributed by atoms with Crippen LogP contribution in [0.3, 0.4) is 0 Å². The van der Waals surface area contributed by atoms with E-state index in [4.69, 9.17) is 5.11 Å².